The van der Waals surface area contributed by atoms with Crippen LogP contribution < -0.4 is 5.32 Å². The summed E-state index contributed by atoms with van der Waals surface area (Å²) in [5.41, 5.74) is 2.91. The van der Waals surface area contributed by atoms with Crippen molar-refractivity contribution in [3.05, 3.63) is 75.6 Å². The van der Waals surface area contributed by atoms with E-state index in [1.165, 1.54) is 29.5 Å². The van der Waals surface area contributed by atoms with Crippen molar-refractivity contribution in [3.8, 4) is 5.69 Å². The van der Waals surface area contributed by atoms with E-state index in [1.807, 2.05) is 51.3 Å². The van der Waals surface area contributed by atoms with Crippen LogP contribution >= 0.6 is 11.8 Å². The zero-order chi connectivity index (χ0) is 24.2. The Morgan fingerprint density at radius 2 is 1.88 bits per heavy atom. The Balaban J connectivity index is 1.92. The molecule has 0 aliphatic rings. The molecule has 0 bridgehead atoms. The molecule has 1 unspecified atom stereocenters. The minimum atomic E-state index is -0.431. The fourth-order valence-electron chi connectivity index (χ4n) is 3.41. The van der Waals surface area contributed by atoms with Crippen molar-refractivity contribution in [3.63, 3.8) is 0 Å². The maximum absolute atomic E-state index is 12.5. The number of nitrogens with one attached hydrogen (secondary N) is 1. The third kappa shape index (κ3) is 6.64. The van der Waals surface area contributed by atoms with Crippen LogP contribution in [-0.4, -0.2) is 25.6 Å². The molecule has 1 N–H and O–H groups in total. The van der Waals surface area contributed by atoms with Gasteiger partial charge in [0.25, 0.3) is 5.69 Å². The molecule has 0 saturated carbocycles. The highest BCUT2D eigenvalue weighted by atomic mass is 32.2. The molecule has 2 aromatic carbocycles. The number of aryl methyl sites for hydroxylation is 1. The Labute approximate surface area is 198 Å². The molecule has 3 aromatic rings. The van der Waals surface area contributed by atoms with E-state index in [-0.39, 0.29) is 17.0 Å². The summed E-state index contributed by atoms with van der Waals surface area (Å²) >= 11 is 1.52. The number of nitro benzene ring substituents is 1. The van der Waals surface area contributed by atoms with Gasteiger partial charge in [-0.25, -0.2) is 0 Å². The highest BCUT2D eigenvalue weighted by molar-refractivity contribution is 7.98. The first-order valence-corrected chi connectivity index (χ1v) is 11.7. The molecule has 0 fully saturated rings. The predicted molar refractivity (Wildman–Crippen MR) is 129 cm³/mol. The standard InChI is InChI=1S/C24H29N5O3S/c1-16-7-6-8-18(13-16)15-33-23-27-26-22(17(2)25-21(30)14-24(3,4)5)28(23)19-9-11-20(12-10-19)29(31)32/h6-13,17H,14-15H2,1-5H3,(H,25,30). The van der Waals surface area contributed by atoms with Gasteiger partial charge in [-0.05, 0) is 37.0 Å². The quantitative estimate of drug-likeness (QED) is 0.271. The average molecular weight is 468 g/mol. The van der Waals surface area contributed by atoms with E-state index < -0.39 is 11.0 Å². The summed E-state index contributed by atoms with van der Waals surface area (Å²) in [6.45, 7) is 9.94. The summed E-state index contributed by atoms with van der Waals surface area (Å²) in [6.07, 6.45) is 0.387. The van der Waals surface area contributed by atoms with E-state index in [0.717, 1.165) is 5.56 Å². The highest BCUT2D eigenvalue weighted by Crippen LogP contribution is 2.29. The summed E-state index contributed by atoms with van der Waals surface area (Å²) in [5, 5.41) is 23.5. The number of aromatic nitrogens is 3. The van der Waals surface area contributed by atoms with Gasteiger partial charge in [0.1, 0.15) is 0 Å². The molecule has 33 heavy (non-hydrogen) atoms. The number of nitrogens with zero attached hydrogens (tertiary/aromatic N) is 4. The Hall–Kier alpha value is -3.20. The highest BCUT2D eigenvalue weighted by Gasteiger charge is 2.23. The molecule has 1 amide bonds. The summed E-state index contributed by atoms with van der Waals surface area (Å²) in [7, 11) is 0. The van der Waals surface area contributed by atoms with E-state index in [0.29, 0.717) is 28.8 Å². The molecule has 0 aliphatic heterocycles. The van der Waals surface area contributed by atoms with Crippen LogP contribution in [-0.2, 0) is 10.5 Å². The molecule has 0 spiro atoms. The molecule has 0 radical (unpaired) electrons. The summed E-state index contributed by atoms with van der Waals surface area (Å²) < 4.78 is 1.85. The lowest BCUT2D eigenvalue weighted by molar-refractivity contribution is -0.384. The van der Waals surface area contributed by atoms with Crippen molar-refractivity contribution in [1.82, 2.24) is 20.1 Å². The minimum absolute atomic E-state index is 0.00821. The van der Waals surface area contributed by atoms with Crippen LogP contribution in [0.25, 0.3) is 5.69 Å². The monoisotopic (exact) mass is 467 g/mol. The van der Waals surface area contributed by atoms with E-state index in [4.69, 9.17) is 0 Å². The number of hydrogen-bond donors (Lipinski definition) is 1. The molecule has 9 heteroatoms. The van der Waals surface area contributed by atoms with Gasteiger partial charge in [0.15, 0.2) is 11.0 Å². The summed E-state index contributed by atoms with van der Waals surface area (Å²) in [4.78, 5) is 23.2. The second-order valence-electron chi connectivity index (χ2n) is 9.25. The van der Waals surface area contributed by atoms with Crippen molar-refractivity contribution in [2.75, 3.05) is 0 Å². The lowest BCUT2D eigenvalue weighted by atomic mass is 9.92. The number of carbonyl (C=O) groups is 1. The van der Waals surface area contributed by atoms with Gasteiger partial charge in [-0.2, -0.15) is 0 Å². The van der Waals surface area contributed by atoms with E-state index in [1.54, 1.807) is 12.1 Å². The Morgan fingerprint density at radius 1 is 1.18 bits per heavy atom. The second-order valence-corrected chi connectivity index (χ2v) is 10.2. The van der Waals surface area contributed by atoms with Gasteiger partial charge < -0.3 is 5.32 Å². The number of non-ortho nitro benzene ring substituents is 1. The number of thioether (sulfide) groups is 1. The molecule has 174 valence electrons. The van der Waals surface area contributed by atoms with Crippen molar-refractivity contribution in [2.24, 2.45) is 5.41 Å². The van der Waals surface area contributed by atoms with Gasteiger partial charge in [0, 0.05) is 30.0 Å². The van der Waals surface area contributed by atoms with Gasteiger partial charge in [-0.1, -0.05) is 62.4 Å². The summed E-state index contributed by atoms with van der Waals surface area (Å²) in [5.74, 6) is 1.19. The second kappa shape index (κ2) is 10.2. The third-order valence-electron chi connectivity index (χ3n) is 4.88. The molecule has 0 aliphatic carbocycles. The Bertz CT molecular complexity index is 1140. The Kier molecular flexibility index (Phi) is 7.53. The van der Waals surface area contributed by atoms with Gasteiger partial charge in [0.2, 0.25) is 5.91 Å². The Morgan fingerprint density at radius 3 is 2.48 bits per heavy atom. The zero-order valence-corrected chi connectivity index (χ0v) is 20.3. The van der Waals surface area contributed by atoms with Crippen molar-refractivity contribution < 1.29 is 9.72 Å². The van der Waals surface area contributed by atoms with Gasteiger partial charge in [-0.15, -0.1) is 10.2 Å². The molecule has 1 aromatic heterocycles. The number of amides is 1. The van der Waals surface area contributed by atoms with Crippen LogP contribution in [0.4, 0.5) is 5.69 Å². The van der Waals surface area contributed by atoms with Crippen molar-refractivity contribution in [1.29, 1.82) is 0 Å². The van der Waals surface area contributed by atoms with E-state index in [9.17, 15) is 14.9 Å². The van der Waals surface area contributed by atoms with Crippen molar-refractivity contribution >= 4 is 23.4 Å². The summed E-state index contributed by atoms with van der Waals surface area (Å²) in [6, 6.07) is 14.1. The van der Waals surface area contributed by atoms with Crippen molar-refractivity contribution in [2.45, 2.75) is 58.0 Å². The smallest absolute Gasteiger partial charge is 0.269 e. The van der Waals surface area contributed by atoms with E-state index in [2.05, 4.69) is 27.6 Å². The first kappa shape index (κ1) is 24.4. The lowest BCUT2D eigenvalue weighted by Crippen LogP contribution is -2.31. The fraction of sp³-hybridized carbons (Fsp3) is 0.375. The molecule has 8 nitrogen and oxygen atoms in total. The minimum Gasteiger partial charge on any atom is -0.346 e. The van der Waals surface area contributed by atoms with E-state index >= 15 is 0 Å². The number of rotatable bonds is 8. The van der Waals surface area contributed by atoms with Crippen LogP contribution in [0.3, 0.4) is 0 Å². The van der Waals surface area contributed by atoms with Crippen LogP contribution in [0.15, 0.2) is 53.7 Å². The fourth-order valence-corrected chi connectivity index (χ4v) is 4.31. The van der Waals surface area contributed by atoms with Crippen LogP contribution in [0, 0.1) is 22.5 Å². The SMILES string of the molecule is Cc1cccc(CSc2nnc(C(C)NC(=O)CC(C)(C)C)n2-c2ccc([N+](=O)[O-])cc2)c1. The molecule has 3 rings (SSSR count). The van der Waals surface area contributed by atoms with Crippen LogP contribution in [0.5, 0.6) is 0 Å². The number of hydrogen-bond acceptors (Lipinski definition) is 6. The molecular weight excluding hydrogens is 438 g/mol. The van der Waals surface area contributed by atoms with Crippen LogP contribution in [0.2, 0.25) is 0 Å². The predicted octanol–water partition coefficient (Wildman–Crippen LogP) is 5.39. The largest absolute Gasteiger partial charge is 0.346 e. The number of carbonyl (C=O) groups excluding carboxylic acids is 1. The topological polar surface area (TPSA) is 103 Å². The average Bonchev–Trinajstić information content (AvgIpc) is 3.15. The first-order valence-electron chi connectivity index (χ1n) is 10.7. The van der Waals surface area contributed by atoms with Gasteiger partial charge in [-0.3, -0.25) is 19.5 Å². The van der Waals surface area contributed by atoms with Gasteiger partial charge >= 0.3 is 0 Å². The normalized spacial score (nSPS) is 12.4. The third-order valence-corrected chi connectivity index (χ3v) is 5.88. The molecule has 1 heterocycles. The number of nitro groups is 1. The molecule has 0 saturated heterocycles. The first-order chi connectivity index (χ1) is 15.5. The lowest BCUT2D eigenvalue weighted by Gasteiger charge is -2.20. The number of benzene rings is 2. The molecule has 1 atom stereocenters. The zero-order valence-electron chi connectivity index (χ0n) is 19.5. The molecular formula is C24H29N5O3S. The maximum atomic E-state index is 12.5. The van der Waals surface area contributed by atoms with Gasteiger partial charge in [0.05, 0.1) is 11.0 Å². The maximum Gasteiger partial charge on any atom is 0.269 e. The van der Waals surface area contributed by atoms with Crippen LogP contribution in [0.1, 0.15) is 57.1 Å².